The molecule has 1 rings (SSSR count). The largest absolute Gasteiger partial charge is 0.384 e. The van der Waals surface area contributed by atoms with Gasteiger partial charge in [0.15, 0.2) is 0 Å². The number of halogens is 1. The van der Waals surface area contributed by atoms with Crippen LogP contribution >= 0.6 is 15.9 Å². The predicted molar refractivity (Wildman–Crippen MR) is 85.3 cm³/mol. The topological polar surface area (TPSA) is 35.8 Å². The first-order valence-corrected chi connectivity index (χ1v) is 7.71. The highest BCUT2D eigenvalue weighted by Gasteiger charge is 2.17. The predicted octanol–water partition coefficient (Wildman–Crippen LogP) is 5.34. The third kappa shape index (κ3) is 5.65. The van der Waals surface area contributed by atoms with E-state index in [1.165, 1.54) is 25.7 Å². The molecule has 0 aliphatic rings. The Labute approximate surface area is 125 Å². The van der Waals surface area contributed by atoms with E-state index in [-0.39, 0.29) is 0 Å². The standard InChI is InChI=1S/C16H23BrN2/c1-4-5-6-9-16(2,3)12-19-15-8-7-13(11-18)10-14(15)17/h7-8,10,19H,4-6,9,12H2,1-3H3. The van der Waals surface area contributed by atoms with Crippen molar-refractivity contribution in [1.29, 1.82) is 5.26 Å². The maximum atomic E-state index is 8.84. The van der Waals surface area contributed by atoms with Gasteiger partial charge in [0, 0.05) is 16.7 Å². The molecule has 0 bridgehead atoms. The van der Waals surface area contributed by atoms with Gasteiger partial charge in [0.05, 0.1) is 11.6 Å². The average molecular weight is 323 g/mol. The molecule has 0 heterocycles. The summed E-state index contributed by atoms with van der Waals surface area (Å²) in [6.45, 7) is 7.78. The Morgan fingerprint density at radius 2 is 2.05 bits per heavy atom. The highest BCUT2D eigenvalue weighted by atomic mass is 79.9. The van der Waals surface area contributed by atoms with Gasteiger partial charge in [-0.05, 0) is 46.0 Å². The molecule has 0 atom stereocenters. The summed E-state index contributed by atoms with van der Waals surface area (Å²) in [7, 11) is 0. The van der Waals surface area contributed by atoms with Crippen molar-refractivity contribution < 1.29 is 0 Å². The zero-order chi connectivity index (χ0) is 14.3. The fourth-order valence-electron chi connectivity index (χ4n) is 2.00. The Bertz CT molecular complexity index is 447. The van der Waals surface area contributed by atoms with Crippen molar-refractivity contribution in [3.05, 3.63) is 28.2 Å². The van der Waals surface area contributed by atoms with Crippen LogP contribution in [0.5, 0.6) is 0 Å². The lowest BCUT2D eigenvalue weighted by Crippen LogP contribution is -2.23. The van der Waals surface area contributed by atoms with E-state index in [1.807, 2.05) is 18.2 Å². The number of nitrogens with one attached hydrogen (secondary N) is 1. The van der Waals surface area contributed by atoms with Crippen LogP contribution in [-0.4, -0.2) is 6.54 Å². The van der Waals surface area contributed by atoms with Crippen molar-refractivity contribution in [3.63, 3.8) is 0 Å². The minimum atomic E-state index is 0.294. The van der Waals surface area contributed by atoms with Crippen molar-refractivity contribution in [1.82, 2.24) is 0 Å². The molecule has 19 heavy (non-hydrogen) atoms. The van der Waals surface area contributed by atoms with E-state index in [2.05, 4.69) is 48.1 Å². The van der Waals surface area contributed by atoms with Crippen molar-refractivity contribution in [3.8, 4) is 6.07 Å². The van der Waals surface area contributed by atoms with Crippen LogP contribution in [0.4, 0.5) is 5.69 Å². The SMILES string of the molecule is CCCCCC(C)(C)CNc1ccc(C#N)cc1Br. The number of hydrogen-bond donors (Lipinski definition) is 1. The van der Waals surface area contributed by atoms with Crippen LogP contribution in [0.25, 0.3) is 0 Å². The molecule has 0 aromatic heterocycles. The molecule has 2 nitrogen and oxygen atoms in total. The molecule has 0 unspecified atom stereocenters. The second kappa shape index (κ2) is 7.55. The third-order valence-electron chi connectivity index (χ3n) is 3.31. The Kier molecular flexibility index (Phi) is 6.37. The van der Waals surface area contributed by atoms with Gasteiger partial charge in [-0.2, -0.15) is 5.26 Å². The molecule has 0 spiro atoms. The molecule has 0 radical (unpaired) electrons. The van der Waals surface area contributed by atoms with Gasteiger partial charge in [0.25, 0.3) is 0 Å². The summed E-state index contributed by atoms with van der Waals surface area (Å²) >= 11 is 3.51. The minimum Gasteiger partial charge on any atom is -0.384 e. The van der Waals surface area contributed by atoms with E-state index in [1.54, 1.807) is 0 Å². The molecule has 3 heteroatoms. The van der Waals surface area contributed by atoms with E-state index in [4.69, 9.17) is 5.26 Å². The number of benzene rings is 1. The molecule has 104 valence electrons. The molecular formula is C16H23BrN2. The smallest absolute Gasteiger partial charge is 0.0992 e. The number of hydrogen-bond acceptors (Lipinski definition) is 2. The number of unbranched alkanes of at least 4 members (excludes halogenated alkanes) is 2. The molecule has 1 aromatic carbocycles. The summed E-state index contributed by atoms with van der Waals surface area (Å²) in [6.07, 6.45) is 5.11. The zero-order valence-electron chi connectivity index (χ0n) is 12.1. The summed E-state index contributed by atoms with van der Waals surface area (Å²) in [4.78, 5) is 0. The lowest BCUT2D eigenvalue weighted by molar-refractivity contribution is 0.342. The summed E-state index contributed by atoms with van der Waals surface area (Å²) in [5.74, 6) is 0. The number of nitriles is 1. The van der Waals surface area contributed by atoms with Gasteiger partial charge >= 0.3 is 0 Å². The van der Waals surface area contributed by atoms with Crippen LogP contribution < -0.4 is 5.32 Å². The lowest BCUT2D eigenvalue weighted by Gasteiger charge is -2.26. The summed E-state index contributed by atoms with van der Waals surface area (Å²) in [5.41, 5.74) is 2.03. The van der Waals surface area contributed by atoms with Crippen LogP contribution in [-0.2, 0) is 0 Å². The Hall–Kier alpha value is -1.01. The number of nitrogens with zero attached hydrogens (tertiary/aromatic N) is 1. The number of rotatable bonds is 7. The van der Waals surface area contributed by atoms with Crippen LogP contribution in [0.15, 0.2) is 22.7 Å². The lowest BCUT2D eigenvalue weighted by atomic mass is 9.87. The molecule has 1 aromatic rings. The molecular weight excluding hydrogens is 300 g/mol. The fraction of sp³-hybridized carbons (Fsp3) is 0.562. The highest BCUT2D eigenvalue weighted by molar-refractivity contribution is 9.10. The summed E-state index contributed by atoms with van der Waals surface area (Å²) in [6, 6.07) is 7.80. The van der Waals surface area contributed by atoms with Crippen LogP contribution in [0.1, 0.15) is 52.0 Å². The van der Waals surface area contributed by atoms with E-state index in [0.29, 0.717) is 11.0 Å². The zero-order valence-corrected chi connectivity index (χ0v) is 13.7. The monoisotopic (exact) mass is 322 g/mol. The average Bonchev–Trinajstić information content (AvgIpc) is 2.37. The van der Waals surface area contributed by atoms with Gasteiger partial charge in [-0.1, -0.05) is 40.0 Å². The third-order valence-corrected chi connectivity index (χ3v) is 3.97. The summed E-state index contributed by atoms with van der Waals surface area (Å²) in [5, 5.41) is 12.3. The van der Waals surface area contributed by atoms with Gasteiger partial charge in [-0.25, -0.2) is 0 Å². The highest BCUT2D eigenvalue weighted by Crippen LogP contribution is 2.28. The summed E-state index contributed by atoms with van der Waals surface area (Å²) < 4.78 is 0.955. The maximum absolute atomic E-state index is 8.84. The molecule has 0 saturated heterocycles. The molecule has 1 N–H and O–H groups in total. The molecule has 0 amide bonds. The van der Waals surface area contributed by atoms with E-state index < -0.39 is 0 Å². The fourth-order valence-corrected chi connectivity index (χ4v) is 2.52. The number of anilines is 1. The first-order valence-electron chi connectivity index (χ1n) is 6.92. The molecule has 0 aliphatic carbocycles. The van der Waals surface area contributed by atoms with E-state index in [0.717, 1.165) is 16.7 Å². The van der Waals surface area contributed by atoms with Gasteiger partial charge in [-0.15, -0.1) is 0 Å². The van der Waals surface area contributed by atoms with Crippen molar-refractivity contribution in [2.24, 2.45) is 5.41 Å². The maximum Gasteiger partial charge on any atom is 0.0992 e. The van der Waals surface area contributed by atoms with Crippen LogP contribution in [0.3, 0.4) is 0 Å². The quantitative estimate of drug-likeness (QED) is 0.688. The second-order valence-electron chi connectivity index (χ2n) is 5.78. The molecule has 0 fully saturated rings. The van der Waals surface area contributed by atoms with Gasteiger partial charge in [0.1, 0.15) is 0 Å². The van der Waals surface area contributed by atoms with E-state index >= 15 is 0 Å². The second-order valence-corrected chi connectivity index (χ2v) is 6.64. The van der Waals surface area contributed by atoms with Crippen molar-refractivity contribution >= 4 is 21.6 Å². The minimum absolute atomic E-state index is 0.294. The Balaban J connectivity index is 2.54. The van der Waals surface area contributed by atoms with Crippen LogP contribution in [0, 0.1) is 16.7 Å². The Morgan fingerprint density at radius 1 is 1.32 bits per heavy atom. The van der Waals surface area contributed by atoms with E-state index in [9.17, 15) is 0 Å². The van der Waals surface area contributed by atoms with Crippen LogP contribution in [0.2, 0.25) is 0 Å². The van der Waals surface area contributed by atoms with Crippen molar-refractivity contribution in [2.75, 3.05) is 11.9 Å². The molecule has 0 saturated carbocycles. The Morgan fingerprint density at radius 3 is 2.63 bits per heavy atom. The molecule has 0 aliphatic heterocycles. The van der Waals surface area contributed by atoms with Crippen molar-refractivity contribution in [2.45, 2.75) is 46.5 Å². The first-order chi connectivity index (χ1) is 8.98. The first kappa shape index (κ1) is 16.0. The normalized spacial score (nSPS) is 11.1. The van der Waals surface area contributed by atoms with Gasteiger partial charge in [0.2, 0.25) is 0 Å². The van der Waals surface area contributed by atoms with Gasteiger partial charge < -0.3 is 5.32 Å². The van der Waals surface area contributed by atoms with Gasteiger partial charge in [-0.3, -0.25) is 0 Å².